The van der Waals surface area contributed by atoms with Crippen molar-refractivity contribution in [3.8, 4) is 22.8 Å². The molecule has 0 spiro atoms. The van der Waals surface area contributed by atoms with E-state index in [2.05, 4.69) is 29.8 Å². The van der Waals surface area contributed by atoms with Crippen molar-refractivity contribution in [1.29, 1.82) is 0 Å². The van der Waals surface area contributed by atoms with E-state index in [-0.39, 0.29) is 47.7 Å². The number of hydrogen-bond acceptors (Lipinski definition) is 14. The zero-order valence-corrected chi connectivity index (χ0v) is 41.3. The number of anilines is 2. The summed E-state index contributed by atoms with van der Waals surface area (Å²) in [7, 11) is -1.16. The number of aliphatic hydroxyl groups excluding tert-OH is 2. The van der Waals surface area contributed by atoms with Gasteiger partial charge in [-0.25, -0.2) is 32.9 Å². The number of H-pyrrole nitrogens is 1. The third-order valence-corrected chi connectivity index (χ3v) is 14.7. The number of morpholine rings is 2. The summed E-state index contributed by atoms with van der Waals surface area (Å²) >= 11 is 0. The highest BCUT2D eigenvalue weighted by Crippen LogP contribution is 2.37. The van der Waals surface area contributed by atoms with Crippen LogP contribution < -0.4 is 9.80 Å². The summed E-state index contributed by atoms with van der Waals surface area (Å²) in [5.74, 6) is 1.81. The van der Waals surface area contributed by atoms with E-state index >= 15 is 0 Å². The average molecular weight is 1050 g/mol. The summed E-state index contributed by atoms with van der Waals surface area (Å²) in [6.45, 7) is 6.38. The Kier molecular flexibility index (Phi) is 14.6. The predicted molar refractivity (Wildman–Crippen MR) is 259 cm³/mol. The van der Waals surface area contributed by atoms with Gasteiger partial charge in [-0.3, -0.25) is 0 Å². The number of aromatic amines is 1. The molecule has 10 rings (SSSR count). The molecule has 0 bridgehead atoms. The minimum absolute atomic E-state index is 0.00372. The van der Waals surface area contributed by atoms with Crippen molar-refractivity contribution < 1.29 is 54.4 Å². The summed E-state index contributed by atoms with van der Waals surface area (Å²) in [5.41, 5.74) is 2.82. The van der Waals surface area contributed by atoms with Crippen molar-refractivity contribution in [2.24, 2.45) is 0 Å². The number of aromatic nitrogens is 10. The van der Waals surface area contributed by atoms with E-state index in [1.165, 1.54) is 57.0 Å². The van der Waals surface area contributed by atoms with Gasteiger partial charge in [-0.2, -0.15) is 39.1 Å². The van der Waals surface area contributed by atoms with Crippen LogP contribution in [0, 0.1) is 13.8 Å². The lowest BCUT2D eigenvalue weighted by Crippen LogP contribution is -2.37. The molecule has 2 fully saturated rings. The van der Waals surface area contributed by atoms with Gasteiger partial charge in [0.1, 0.15) is 5.82 Å². The quantitative estimate of drug-likeness (QED) is 0.123. The zero-order chi connectivity index (χ0) is 52.7. The van der Waals surface area contributed by atoms with E-state index in [1.54, 1.807) is 35.1 Å². The summed E-state index contributed by atoms with van der Waals surface area (Å²) in [6, 6.07) is 11.6. The van der Waals surface area contributed by atoms with E-state index in [4.69, 9.17) is 19.7 Å². The van der Waals surface area contributed by atoms with Crippen LogP contribution in [0.3, 0.4) is 0 Å². The topological polar surface area (TPSA) is 210 Å². The zero-order valence-electron chi connectivity index (χ0n) is 40.5. The molecule has 392 valence electrons. The second kappa shape index (κ2) is 20.7. The van der Waals surface area contributed by atoms with Gasteiger partial charge in [-0.15, -0.1) is 10.2 Å². The molecule has 2 aliphatic heterocycles. The molecule has 8 heterocycles. The van der Waals surface area contributed by atoms with Crippen LogP contribution in [0.4, 0.5) is 38.0 Å². The molecular formula is C48H51F6N13O6S. The molecule has 19 nitrogen and oxygen atoms in total. The fourth-order valence-electron chi connectivity index (χ4n) is 9.01. The number of aliphatic hydroxyl groups is 2. The maximum Gasteiger partial charge on any atom is 0.416 e. The molecule has 6 aromatic heterocycles. The normalized spacial score (nSPS) is 14.9. The number of alkyl halides is 6. The molecule has 0 aliphatic carbocycles. The second-order valence-corrected chi connectivity index (χ2v) is 19.7. The van der Waals surface area contributed by atoms with E-state index < -0.39 is 40.3 Å². The van der Waals surface area contributed by atoms with Crippen LogP contribution in [-0.4, -0.2) is 138 Å². The third kappa shape index (κ3) is 10.2. The summed E-state index contributed by atoms with van der Waals surface area (Å²) < 4.78 is 124. The number of hydrogen-bond donors (Lipinski definition) is 3. The molecule has 0 radical (unpaired) electrons. The minimum Gasteiger partial charge on any atom is -0.390 e. The maximum atomic E-state index is 13.6. The Balaban J connectivity index is 0.000000184. The van der Waals surface area contributed by atoms with Crippen molar-refractivity contribution >= 4 is 33.1 Å². The van der Waals surface area contributed by atoms with Gasteiger partial charge < -0.3 is 34.5 Å². The van der Waals surface area contributed by atoms with Gasteiger partial charge in [0.2, 0.25) is 0 Å². The first-order chi connectivity index (χ1) is 35.3. The Morgan fingerprint density at radius 2 is 1.16 bits per heavy atom. The Hall–Kier alpha value is -6.97. The molecule has 3 N–H and O–H groups in total. The van der Waals surface area contributed by atoms with Crippen molar-refractivity contribution in [2.75, 3.05) is 76.5 Å². The second-order valence-electron chi connectivity index (χ2n) is 17.6. The summed E-state index contributed by atoms with van der Waals surface area (Å²) in [5, 5.41) is 29.8. The highest BCUT2D eigenvalue weighted by molar-refractivity contribution is 7.87. The Bertz CT molecular complexity index is 3420. The van der Waals surface area contributed by atoms with E-state index in [0.29, 0.717) is 115 Å². The van der Waals surface area contributed by atoms with Crippen LogP contribution in [0.25, 0.3) is 34.1 Å². The van der Waals surface area contributed by atoms with Crippen molar-refractivity contribution in [3.05, 3.63) is 129 Å². The maximum absolute atomic E-state index is 13.6. The van der Waals surface area contributed by atoms with Gasteiger partial charge >= 0.3 is 22.6 Å². The lowest BCUT2D eigenvalue weighted by atomic mass is 9.98. The molecule has 74 heavy (non-hydrogen) atoms. The number of ether oxygens (including phenoxy) is 2. The fourth-order valence-corrected chi connectivity index (χ4v) is 9.94. The lowest BCUT2D eigenvalue weighted by Gasteiger charge is -2.28. The molecule has 8 aromatic rings. The number of halogens is 6. The number of benzene rings is 2. The predicted octanol–water partition coefficient (Wildman–Crippen LogP) is 5.86. The number of nitrogens with zero attached hydrogens (tertiary/aromatic N) is 12. The van der Waals surface area contributed by atoms with Gasteiger partial charge in [-0.1, -0.05) is 24.3 Å². The van der Waals surface area contributed by atoms with Gasteiger partial charge in [0.15, 0.2) is 28.8 Å². The van der Waals surface area contributed by atoms with Crippen LogP contribution in [0.5, 0.6) is 0 Å². The first kappa shape index (κ1) is 51.9. The standard InChI is InChI=1S/C25H28F3N7O4S.C23H23F3N6O2/c1-16-17(5-4-6-19(16)25(26,27)28)13-21-20(15-36)30-24-18(23-29-7-8-34(23)40(37,38)32(2)3)14-22(31-35(21)24)33-9-11-39-12-10-33;1-14-15(3-2-4-17(14)23(24,25)26)11-19-18(13-33)29-22-16(21-27-5-6-28-21)12-20(30-32(19)22)31-7-9-34-10-8-31/h4-8,14,36H,9-13,15H2,1-3H3;2-6,12,33H,7-11,13H2,1H3,(H,27,28). The highest BCUT2D eigenvalue weighted by Gasteiger charge is 2.35. The highest BCUT2D eigenvalue weighted by atomic mass is 32.2. The minimum atomic E-state index is -4.52. The summed E-state index contributed by atoms with van der Waals surface area (Å²) in [4.78, 5) is 24.9. The van der Waals surface area contributed by atoms with Crippen LogP contribution >= 0.6 is 0 Å². The van der Waals surface area contributed by atoms with Gasteiger partial charge in [0, 0.05) is 77.9 Å². The lowest BCUT2D eigenvalue weighted by molar-refractivity contribution is -0.138. The average Bonchev–Trinajstić information content (AvgIpc) is 4.22. The number of nitrogens with one attached hydrogen (secondary N) is 1. The largest absolute Gasteiger partial charge is 0.416 e. The van der Waals surface area contributed by atoms with Crippen LogP contribution in [0.15, 0.2) is 73.3 Å². The Morgan fingerprint density at radius 3 is 1.59 bits per heavy atom. The molecular weight excluding hydrogens is 1000 g/mol. The van der Waals surface area contributed by atoms with Crippen LogP contribution in [0.2, 0.25) is 0 Å². The molecule has 26 heteroatoms. The monoisotopic (exact) mass is 1050 g/mol. The first-order valence-electron chi connectivity index (χ1n) is 23.3. The van der Waals surface area contributed by atoms with E-state index in [1.807, 2.05) is 11.0 Å². The molecule has 0 saturated carbocycles. The Morgan fingerprint density at radius 1 is 0.689 bits per heavy atom. The number of imidazole rings is 4. The molecule has 2 saturated heterocycles. The molecule has 0 atom stereocenters. The van der Waals surface area contributed by atoms with Crippen LogP contribution in [-0.2, 0) is 58.1 Å². The van der Waals surface area contributed by atoms with E-state index in [9.17, 15) is 45.0 Å². The van der Waals surface area contributed by atoms with Gasteiger partial charge in [0.05, 0.1) is 84.7 Å². The van der Waals surface area contributed by atoms with Crippen molar-refractivity contribution in [2.45, 2.75) is 52.3 Å². The van der Waals surface area contributed by atoms with Crippen LogP contribution in [0.1, 0.15) is 56.2 Å². The number of fused-ring (bicyclic) bond motifs is 2. The fraction of sp³-hybridized carbons (Fsp3) is 0.375. The molecule has 2 aromatic carbocycles. The van der Waals surface area contributed by atoms with Crippen molar-refractivity contribution in [3.63, 3.8) is 0 Å². The van der Waals surface area contributed by atoms with E-state index in [0.717, 1.165) is 20.4 Å². The SMILES string of the molecule is Cc1c(Cc2c(CO)nc3c(-c4ncc[nH]4)cc(N4CCOCC4)nn23)cccc1C(F)(F)F.Cc1c(Cc2c(CO)nc3c(-c4nccn4S(=O)(=O)N(C)C)cc(N4CCOCC4)nn23)cccc1C(F)(F)F. The van der Waals surface area contributed by atoms with Gasteiger partial charge in [0.25, 0.3) is 0 Å². The van der Waals surface area contributed by atoms with Crippen molar-refractivity contribution in [1.82, 2.24) is 52.4 Å². The smallest absolute Gasteiger partial charge is 0.390 e. The molecule has 0 amide bonds. The Labute approximate surface area is 419 Å². The summed E-state index contributed by atoms with van der Waals surface area (Å²) in [6.07, 6.45) is -2.85. The molecule has 2 aliphatic rings. The third-order valence-electron chi connectivity index (χ3n) is 13.0. The first-order valence-corrected chi connectivity index (χ1v) is 24.7. The van der Waals surface area contributed by atoms with Gasteiger partial charge in [-0.05, 0) is 60.4 Å². The number of rotatable bonds is 12. The molecule has 0 unspecified atom stereocenters.